The molecule has 2 aromatic rings. The van der Waals surface area contributed by atoms with Crippen LogP contribution in [0.4, 0.5) is 11.4 Å². The molecule has 0 radical (unpaired) electrons. The maximum absolute atomic E-state index is 12.0. The van der Waals surface area contributed by atoms with Gasteiger partial charge in [0.2, 0.25) is 0 Å². The van der Waals surface area contributed by atoms with E-state index in [-0.39, 0.29) is 18.4 Å². The Labute approximate surface area is 123 Å². The summed E-state index contributed by atoms with van der Waals surface area (Å²) in [5.74, 6) is 0.123. The molecular formula is C13H9ClN2O3S. The van der Waals surface area contributed by atoms with Crippen LogP contribution in [0.5, 0.6) is 5.75 Å². The van der Waals surface area contributed by atoms with Gasteiger partial charge in [-0.3, -0.25) is 9.59 Å². The highest BCUT2D eigenvalue weighted by Gasteiger charge is 2.17. The molecule has 2 amide bonds. The largest absolute Gasteiger partial charge is 0.482 e. The lowest BCUT2D eigenvalue weighted by Gasteiger charge is -2.18. The van der Waals surface area contributed by atoms with Crippen LogP contribution in [0.25, 0.3) is 0 Å². The second kappa shape index (κ2) is 5.15. The number of halogens is 1. The standard InChI is InChI=1S/C13H9ClN2O3S/c14-11-4-3-10(20-11)13(18)15-7-1-2-9-8(5-7)16-12(17)6-19-9/h1-5H,6H2,(H,15,18)(H,16,17). The topological polar surface area (TPSA) is 67.4 Å². The Morgan fingerprint density at radius 1 is 1.35 bits per heavy atom. The van der Waals surface area contributed by atoms with Crippen LogP contribution in [0.3, 0.4) is 0 Å². The van der Waals surface area contributed by atoms with Crippen molar-refractivity contribution < 1.29 is 14.3 Å². The van der Waals surface area contributed by atoms with Gasteiger partial charge in [0.05, 0.1) is 14.9 Å². The summed E-state index contributed by atoms with van der Waals surface area (Å²) < 4.78 is 5.80. The molecule has 7 heteroatoms. The van der Waals surface area contributed by atoms with Crippen LogP contribution in [0.2, 0.25) is 4.34 Å². The Kier molecular flexibility index (Phi) is 3.33. The van der Waals surface area contributed by atoms with E-state index < -0.39 is 0 Å². The number of rotatable bonds is 2. The van der Waals surface area contributed by atoms with Crippen molar-refractivity contribution in [3.8, 4) is 5.75 Å². The van der Waals surface area contributed by atoms with Crippen LogP contribution in [0.1, 0.15) is 9.67 Å². The van der Waals surface area contributed by atoms with Crippen molar-refractivity contribution in [3.05, 3.63) is 39.5 Å². The molecule has 2 N–H and O–H groups in total. The van der Waals surface area contributed by atoms with E-state index in [0.29, 0.717) is 26.3 Å². The normalized spacial score (nSPS) is 13.2. The quantitative estimate of drug-likeness (QED) is 0.896. The molecule has 1 aromatic carbocycles. The van der Waals surface area contributed by atoms with Crippen LogP contribution in [0, 0.1) is 0 Å². The highest BCUT2D eigenvalue weighted by atomic mass is 35.5. The molecule has 0 aliphatic carbocycles. The van der Waals surface area contributed by atoms with Crippen LogP contribution in [-0.2, 0) is 4.79 Å². The summed E-state index contributed by atoms with van der Waals surface area (Å²) in [5, 5.41) is 5.43. The Balaban J connectivity index is 1.80. The van der Waals surface area contributed by atoms with E-state index >= 15 is 0 Å². The lowest BCUT2D eigenvalue weighted by Crippen LogP contribution is -2.25. The zero-order valence-corrected chi connectivity index (χ0v) is 11.7. The summed E-state index contributed by atoms with van der Waals surface area (Å²) >= 11 is 7.00. The first-order valence-electron chi connectivity index (χ1n) is 5.75. The minimum atomic E-state index is -0.245. The fraction of sp³-hybridized carbons (Fsp3) is 0.0769. The van der Waals surface area contributed by atoms with Gasteiger partial charge in [-0.15, -0.1) is 11.3 Å². The van der Waals surface area contributed by atoms with Crippen molar-refractivity contribution in [1.29, 1.82) is 0 Å². The molecule has 0 saturated heterocycles. The molecule has 20 heavy (non-hydrogen) atoms. The van der Waals surface area contributed by atoms with Crippen LogP contribution in [0.15, 0.2) is 30.3 Å². The van der Waals surface area contributed by atoms with Gasteiger partial charge in [-0.05, 0) is 30.3 Å². The minimum absolute atomic E-state index is 0.00635. The Morgan fingerprint density at radius 3 is 2.95 bits per heavy atom. The zero-order chi connectivity index (χ0) is 14.1. The summed E-state index contributed by atoms with van der Waals surface area (Å²) in [6, 6.07) is 8.39. The summed E-state index contributed by atoms with van der Waals surface area (Å²) in [6.07, 6.45) is 0. The van der Waals surface area contributed by atoms with Gasteiger partial charge < -0.3 is 15.4 Å². The molecule has 0 atom stereocenters. The lowest BCUT2D eigenvalue weighted by molar-refractivity contribution is -0.118. The molecule has 0 spiro atoms. The third-order valence-corrected chi connectivity index (χ3v) is 3.90. The van der Waals surface area contributed by atoms with Gasteiger partial charge in [0, 0.05) is 5.69 Å². The molecule has 102 valence electrons. The first-order valence-corrected chi connectivity index (χ1v) is 6.95. The highest BCUT2D eigenvalue weighted by molar-refractivity contribution is 7.18. The van der Waals surface area contributed by atoms with Crippen LogP contribution < -0.4 is 15.4 Å². The molecular weight excluding hydrogens is 300 g/mol. The average Bonchev–Trinajstić information content (AvgIpc) is 2.85. The molecule has 0 bridgehead atoms. The maximum Gasteiger partial charge on any atom is 0.265 e. The monoisotopic (exact) mass is 308 g/mol. The lowest BCUT2D eigenvalue weighted by atomic mass is 10.2. The number of amides is 2. The number of ether oxygens (including phenoxy) is 1. The van der Waals surface area contributed by atoms with Crippen molar-refractivity contribution in [1.82, 2.24) is 0 Å². The number of anilines is 2. The Morgan fingerprint density at radius 2 is 2.20 bits per heavy atom. The van der Waals surface area contributed by atoms with E-state index in [1.54, 1.807) is 30.3 Å². The van der Waals surface area contributed by atoms with E-state index in [1.165, 1.54) is 11.3 Å². The van der Waals surface area contributed by atoms with Crippen molar-refractivity contribution in [3.63, 3.8) is 0 Å². The molecule has 0 unspecified atom stereocenters. The van der Waals surface area contributed by atoms with Crippen molar-refractivity contribution in [2.75, 3.05) is 17.2 Å². The molecule has 1 aliphatic rings. The number of nitrogens with one attached hydrogen (secondary N) is 2. The summed E-state index contributed by atoms with van der Waals surface area (Å²) in [4.78, 5) is 23.8. The maximum atomic E-state index is 12.0. The molecule has 3 rings (SSSR count). The molecule has 2 heterocycles. The number of benzene rings is 1. The van der Waals surface area contributed by atoms with E-state index in [1.807, 2.05) is 0 Å². The summed E-state index contributed by atoms with van der Waals surface area (Å²) in [7, 11) is 0. The van der Waals surface area contributed by atoms with Crippen molar-refractivity contribution in [2.45, 2.75) is 0 Å². The molecule has 1 aromatic heterocycles. The van der Waals surface area contributed by atoms with Gasteiger partial charge in [-0.25, -0.2) is 0 Å². The number of fused-ring (bicyclic) bond motifs is 1. The molecule has 5 nitrogen and oxygen atoms in total. The van der Waals surface area contributed by atoms with E-state index in [4.69, 9.17) is 16.3 Å². The van der Waals surface area contributed by atoms with Gasteiger partial charge in [0.1, 0.15) is 5.75 Å². The second-order valence-corrected chi connectivity index (χ2v) is 5.82. The Hall–Kier alpha value is -2.05. The molecule has 0 fully saturated rings. The van der Waals surface area contributed by atoms with Crippen molar-refractivity contribution >= 4 is 46.1 Å². The predicted octanol–water partition coefficient (Wildman–Crippen LogP) is 2.98. The fourth-order valence-corrected chi connectivity index (χ4v) is 2.73. The van der Waals surface area contributed by atoms with Gasteiger partial charge in [-0.2, -0.15) is 0 Å². The third kappa shape index (κ3) is 2.61. The molecule has 0 saturated carbocycles. The second-order valence-electron chi connectivity index (χ2n) is 4.11. The minimum Gasteiger partial charge on any atom is -0.482 e. The predicted molar refractivity (Wildman–Crippen MR) is 77.8 cm³/mol. The van der Waals surface area contributed by atoms with E-state index in [0.717, 1.165) is 0 Å². The average molecular weight is 309 g/mol. The van der Waals surface area contributed by atoms with Crippen molar-refractivity contribution in [2.24, 2.45) is 0 Å². The van der Waals surface area contributed by atoms with Crippen LogP contribution in [-0.4, -0.2) is 18.4 Å². The van der Waals surface area contributed by atoms with Crippen LogP contribution >= 0.6 is 22.9 Å². The Bertz CT molecular complexity index is 699. The third-order valence-electron chi connectivity index (χ3n) is 2.67. The number of hydrogen-bond acceptors (Lipinski definition) is 4. The van der Waals surface area contributed by atoms with Gasteiger partial charge >= 0.3 is 0 Å². The SMILES string of the molecule is O=C1COc2ccc(NC(=O)c3ccc(Cl)s3)cc2N1. The number of hydrogen-bond donors (Lipinski definition) is 2. The van der Waals surface area contributed by atoms with Gasteiger partial charge in [-0.1, -0.05) is 11.6 Å². The zero-order valence-electron chi connectivity index (χ0n) is 10.1. The molecule has 1 aliphatic heterocycles. The number of carbonyl (C=O) groups is 2. The summed E-state index contributed by atoms with van der Waals surface area (Å²) in [6.45, 7) is 0.00635. The van der Waals surface area contributed by atoms with E-state index in [9.17, 15) is 9.59 Å². The number of thiophene rings is 1. The summed E-state index contributed by atoms with van der Waals surface area (Å²) in [5.41, 5.74) is 1.12. The smallest absolute Gasteiger partial charge is 0.265 e. The fourth-order valence-electron chi connectivity index (χ4n) is 1.79. The highest BCUT2D eigenvalue weighted by Crippen LogP contribution is 2.31. The van der Waals surface area contributed by atoms with Gasteiger partial charge in [0.25, 0.3) is 11.8 Å². The van der Waals surface area contributed by atoms with Gasteiger partial charge in [0.15, 0.2) is 6.61 Å². The number of carbonyl (C=O) groups excluding carboxylic acids is 2. The first kappa shape index (κ1) is 13.0. The first-order chi connectivity index (χ1) is 9.61. The van der Waals surface area contributed by atoms with E-state index in [2.05, 4.69) is 10.6 Å².